The molecule has 187 valence electrons. The van der Waals surface area contributed by atoms with E-state index >= 15 is 0 Å². The summed E-state index contributed by atoms with van der Waals surface area (Å²) < 4.78 is 11.7. The summed E-state index contributed by atoms with van der Waals surface area (Å²) in [6.45, 7) is 10.6. The molecule has 2 heterocycles. The van der Waals surface area contributed by atoms with E-state index in [1.807, 2.05) is 12.1 Å². The van der Waals surface area contributed by atoms with Gasteiger partial charge in [-0.2, -0.15) is 0 Å². The monoisotopic (exact) mass is 537 g/mol. The zero-order valence-corrected chi connectivity index (χ0v) is 22.3. The van der Waals surface area contributed by atoms with Crippen LogP contribution in [0.5, 0.6) is 0 Å². The summed E-state index contributed by atoms with van der Waals surface area (Å²) in [4.78, 5) is 45.7. The third-order valence-corrected chi connectivity index (χ3v) is 5.94. The van der Waals surface area contributed by atoms with E-state index in [-0.39, 0.29) is 33.4 Å². The van der Waals surface area contributed by atoms with Crippen molar-refractivity contribution in [2.45, 2.75) is 59.1 Å². The Balaban J connectivity index is 0.00000578. The van der Waals surface area contributed by atoms with Crippen LogP contribution >= 0.6 is 16.1 Å². The summed E-state index contributed by atoms with van der Waals surface area (Å²) in [6, 6.07) is 3.04. The highest BCUT2D eigenvalue weighted by Gasteiger charge is 2.35. The molecule has 9 nitrogen and oxygen atoms in total. The van der Waals surface area contributed by atoms with Crippen LogP contribution in [0.2, 0.25) is 0 Å². The van der Waals surface area contributed by atoms with Crippen LogP contribution in [-0.2, 0) is 19.1 Å². The molecule has 2 amide bonds. The highest BCUT2D eigenvalue weighted by atomic mass is 79.9. The van der Waals surface area contributed by atoms with Crippen molar-refractivity contribution in [1.82, 2.24) is 13.8 Å². The largest absolute Gasteiger partial charge is 0.464 e. The van der Waals surface area contributed by atoms with Gasteiger partial charge < -0.3 is 19.3 Å². The van der Waals surface area contributed by atoms with E-state index in [2.05, 4.69) is 26.0 Å². The standard InChI is InChI=1S/C23H35BrN4O5.B/c1-6-32-21(30)20(16-28(24)22(31)33-23(3,4)5)27(17(2)29)15-18-9-13-26(14-10-18)19-7-11-25-12-8-19;/h7-8,11-12,18,20H,6,9-10,13-16H2,1-5H3;. The Morgan fingerprint density at radius 1 is 1.21 bits per heavy atom. The Hall–Kier alpha value is -2.30. The van der Waals surface area contributed by atoms with Gasteiger partial charge in [0.25, 0.3) is 0 Å². The fourth-order valence-electron chi connectivity index (χ4n) is 3.76. The normalized spacial score (nSPS) is 15.1. The fourth-order valence-corrected chi connectivity index (χ4v) is 4.11. The molecule has 1 aliphatic heterocycles. The number of hydrogen-bond donors (Lipinski definition) is 0. The summed E-state index contributed by atoms with van der Waals surface area (Å²) in [5.74, 6) is -0.557. The molecule has 0 bridgehead atoms. The molecule has 1 aromatic heterocycles. The quantitative estimate of drug-likeness (QED) is 0.285. The number of anilines is 1. The lowest BCUT2D eigenvalue weighted by atomic mass is 9.95. The number of rotatable bonds is 8. The number of ether oxygens (including phenoxy) is 2. The average Bonchev–Trinajstić information content (AvgIpc) is 2.75. The van der Waals surface area contributed by atoms with Gasteiger partial charge in [0.1, 0.15) is 11.6 Å². The molecule has 11 heteroatoms. The van der Waals surface area contributed by atoms with Crippen molar-refractivity contribution < 1.29 is 23.9 Å². The maximum Gasteiger partial charge on any atom is 0.420 e. The number of halogens is 1. The lowest BCUT2D eigenvalue weighted by molar-refractivity contribution is -0.155. The van der Waals surface area contributed by atoms with Gasteiger partial charge in [-0.15, -0.1) is 0 Å². The second-order valence-corrected chi connectivity index (χ2v) is 9.96. The van der Waals surface area contributed by atoms with Gasteiger partial charge in [-0.25, -0.2) is 13.5 Å². The van der Waals surface area contributed by atoms with Gasteiger partial charge in [0.05, 0.1) is 29.3 Å². The molecule has 1 unspecified atom stereocenters. The lowest BCUT2D eigenvalue weighted by Gasteiger charge is -2.38. The Kier molecular flexibility index (Phi) is 11.9. The number of amides is 2. The van der Waals surface area contributed by atoms with Crippen molar-refractivity contribution in [2.75, 3.05) is 37.7 Å². The molecule has 1 saturated heterocycles. The van der Waals surface area contributed by atoms with Gasteiger partial charge in [0, 0.05) is 53.1 Å². The van der Waals surface area contributed by atoms with E-state index in [0.29, 0.717) is 6.54 Å². The number of carbonyl (C=O) groups is 3. The minimum absolute atomic E-state index is 0. The predicted octanol–water partition coefficient (Wildman–Crippen LogP) is 3.24. The molecule has 1 aliphatic rings. The van der Waals surface area contributed by atoms with Crippen molar-refractivity contribution in [3.63, 3.8) is 0 Å². The minimum Gasteiger partial charge on any atom is -0.464 e. The topological polar surface area (TPSA) is 92.3 Å². The molecule has 0 N–H and O–H groups in total. The van der Waals surface area contributed by atoms with Gasteiger partial charge in [-0.3, -0.25) is 9.78 Å². The van der Waals surface area contributed by atoms with Gasteiger partial charge >= 0.3 is 12.1 Å². The molecule has 0 spiro atoms. The van der Waals surface area contributed by atoms with Crippen molar-refractivity contribution in [1.29, 1.82) is 0 Å². The summed E-state index contributed by atoms with van der Waals surface area (Å²) in [5.41, 5.74) is 0.439. The van der Waals surface area contributed by atoms with Crippen molar-refractivity contribution in [3.8, 4) is 0 Å². The van der Waals surface area contributed by atoms with Crippen molar-refractivity contribution >= 4 is 48.2 Å². The van der Waals surface area contributed by atoms with Gasteiger partial charge in [-0.05, 0) is 58.6 Å². The van der Waals surface area contributed by atoms with E-state index in [1.54, 1.807) is 40.1 Å². The van der Waals surface area contributed by atoms with Crippen LogP contribution in [0.3, 0.4) is 0 Å². The number of carbonyl (C=O) groups excluding carboxylic acids is 3. The maximum atomic E-state index is 12.8. The van der Waals surface area contributed by atoms with Crippen LogP contribution in [0.1, 0.15) is 47.5 Å². The Morgan fingerprint density at radius 3 is 2.29 bits per heavy atom. The Morgan fingerprint density at radius 2 is 1.79 bits per heavy atom. The van der Waals surface area contributed by atoms with Crippen molar-refractivity contribution in [2.24, 2.45) is 5.92 Å². The zero-order valence-electron chi connectivity index (χ0n) is 20.7. The van der Waals surface area contributed by atoms with Crippen LogP contribution in [0.15, 0.2) is 24.5 Å². The van der Waals surface area contributed by atoms with Crippen molar-refractivity contribution in [3.05, 3.63) is 24.5 Å². The molecule has 34 heavy (non-hydrogen) atoms. The third-order valence-electron chi connectivity index (χ3n) is 5.36. The van der Waals surface area contributed by atoms with Crippen LogP contribution in [0.25, 0.3) is 0 Å². The smallest absolute Gasteiger partial charge is 0.420 e. The molecular weight excluding hydrogens is 503 g/mol. The summed E-state index contributed by atoms with van der Waals surface area (Å²) in [6.07, 6.45) is 4.68. The number of pyridine rings is 1. The van der Waals surface area contributed by atoms with Crippen LogP contribution in [-0.4, -0.2) is 84.6 Å². The number of esters is 1. The summed E-state index contributed by atoms with van der Waals surface area (Å²) in [7, 11) is 0. The van der Waals surface area contributed by atoms with E-state index < -0.39 is 23.7 Å². The summed E-state index contributed by atoms with van der Waals surface area (Å²) in [5, 5.41) is 0. The SMILES string of the molecule is CCOC(=O)C(CN(Br)C(=O)OC(C)(C)C)N(CC1CCN(c2ccncc2)CC1)C(C)=O.[B]. The molecule has 1 fully saturated rings. The first-order valence-electron chi connectivity index (χ1n) is 11.3. The molecule has 0 aliphatic carbocycles. The number of aromatic nitrogens is 1. The molecule has 1 atom stereocenters. The maximum absolute atomic E-state index is 12.8. The van der Waals surface area contributed by atoms with Gasteiger partial charge in [0.2, 0.25) is 5.91 Å². The van der Waals surface area contributed by atoms with E-state index in [9.17, 15) is 14.4 Å². The second-order valence-electron chi connectivity index (χ2n) is 9.10. The molecule has 0 saturated carbocycles. The van der Waals surface area contributed by atoms with Crippen LogP contribution in [0.4, 0.5) is 10.5 Å². The second kappa shape index (κ2) is 13.6. The first kappa shape index (κ1) is 29.7. The highest BCUT2D eigenvalue weighted by Crippen LogP contribution is 2.25. The molecular formula is C23H35BBrN4O5. The lowest BCUT2D eigenvalue weighted by Crippen LogP contribution is -2.53. The van der Waals surface area contributed by atoms with E-state index in [4.69, 9.17) is 9.47 Å². The molecule has 1 aromatic rings. The zero-order chi connectivity index (χ0) is 24.6. The Labute approximate surface area is 213 Å². The number of nitrogens with zero attached hydrogens (tertiary/aromatic N) is 4. The van der Waals surface area contributed by atoms with E-state index in [1.165, 1.54) is 11.8 Å². The fraction of sp³-hybridized carbons (Fsp3) is 0.652. The minimum atomic E-state index is -0.937. The molecule has 3 radical (unpaired) electrons. The van der Waals surface area contributed by atoms with E-state index in [0.717, 1.165) is 35.5 Å². The first-order chi connectivity index (χ1) is 15.5. The summed E-state index contributed by atoms with van der Waals surface area (Å²) >= 11 is 3.19. The van der Waals surface area contributed by atoms with Gasteiger partial charge in [-0.1, -0.05) is 0 Å². The molecule has 0 aromatic carbocycles. The molecule has 2 rings (SSSR count). The highest BCUT2D eigenvalue weighted by molar-refractivity contribution is 9.07. The Bertz CT molecular complexity index is 800. The van der Waals surface area contributed by atoms with Gasteiger partial charge in [0.15, 0.2) is 0 Å². The van der Waals surface area contributed by atoms with Crippen LogP contribution < -0.4 is 4.90 Å². The third kappa shape index (κ3) is 9.16. The first-order valence-corrected chi connectivity index (χ1v) is 12.0. The van der Waals surface area contributed by atoms with Crippen LogP contribution in [0, 0.1) is 5.92 Å². The predicted molar refractivity (Wildman–Crippen MR) is 135 cm³/mol. The number of hydrogen-bond acceptors (Lipinski definition) is 7. The number of piperidine rings is 1. The average molecular weight is 538 g/mol.